The molecule has 0 radical (unpaired) electrons. The number of carbonyl (C=O) groups excluding carboxylic acids is 1. The fourth-order valence-corrected chi connectivity index (χ4v) is 4.66. The van der Waals surface area contributed by atoms with Crippen molar-refractivity contribution >= 4 is 16.8 Å². The number of carbonyl (C=O) groups is 1. The summed E-state index contributed by atoms with van der Waals surface area (Å²) in [6.07, 6.45) is 8.45. The highest BCUT2D eigenvalue weighted by Crippen LogP contribution is 2.30. The van der Waals surface area contributed by atoms with Crippen molar-refractivity contribution in [2.75, 3.05) is 19.6 Å². The quantitative estimate of drug-likeness (QED) is 0.941. The van der Waals surface area contributed by atoms with Crippen LogP contribution in [0.5, 0.6) is 0 Å². The highest BCUT2D eigenvalue weighted by atomic mass is 16.1. The van der Waals surface area contributed by atoms with Crippen molar-refractivity contribution in [3.05, 3.63) is 36.0 Å². The Morgan fingerprint density at radius 2 is 2.00 bits per heavy atom. The minimum Gasteiger partial charge on any atom is -0.352 e. The number of amides is 1. The SMILES string of the molecule is Cn1cc(C(=O)NC[C@H]2CCCN3CCCC[C@@H]23)c2ccccc21. The van der Waals surface area contributed by atoms with Gasteiger partial charge in [0.15, 0.2) is 0 Å². The van der Waals surface area contributed by atoms with E-state index < -0.39 is 0 Å². The van der Waals surface area contributed by atoms with Crippen molar-refractivity contribution < 1.29 is 4.79 Å². The zero-order valence-corrected chi connectivity index (χ0v) is 14.5. The number of rotatable bonds is 3. The Bertz CT molecular complexity index is 734. The second-order valence-corrected chi connectivity index (χ2v) is 7.38. The minimum atomic E-state index is 0.0692. The monoisotopic (exact) mass is 325 g/mol. The van der Waals surface area contributed by atoms with Crippen LogP contribution in [0.3, 0.4) is 0 Å². The molecule has 128 valence electrons. The van der Waals surface area contributed by atoms with Gasteiger partial charge in [0.1, 0.15) is 0 Å². The Morgan fingerprint density at radius 1 is 1.17 bits per heavy atom. The van der Waals surface area contributed by atoms with Gasteiger partial charge in [0.2, 0.25) is 0 Å². The highest BCUT2D eigenvalue weighted by molar-refractivity contribution is 6.06. The maximum Gasteiger partial charge on any atom is 0.253 e. The van der Waals surface area contributed by atoms with Gasteiger partial charge < -0.3 is 14.8 Å². The first kappa shape index (κ1) is 15.7. The van der Waals surface area contributed by atoms with Crippen molar-refractivity contribution in [1.82, 2.24) is 14.8 Å². The molecule has 2 aliphatic heterocycles. The number of para-hydroxylation sites is 1. The zero-order valence-electron chi connectivity index (χ0n) is 14.5. The van der Waals surface area contributed by atoms with E-state index in [4.69, 9.17) is 0 Å². The van der Waals surface area contributed by atoms with Gasteiger partial charge in [-0.25, -0.2) is 0 Å². The summed E-state index contributed by atoms with van der Waals surface area (Å²) < 4.78 is 2.04. The fourth-order valence-electron chi connectivity index (χ4n) is 4.66. The fraction of sp³-hybridized carbons (Fsp3) is 0.550. The third-order valence-corrected chi connectivity index (χ3v) is 5.90. The molecule has 2 aromatic rings. The molecule has 1 aromatic heterocycles. The van der Waals surface area contributed by atoms with E-state index in [-0.39, 0.29) is 5.91 Å². The van der Waals surface area contributed by atoms with Gasteiger partial charge in [-0.05, 0) is 50.8 Å². The lowest BCUT2D eigenvalue weighted by Crippen LogP contribution is -2.50. The van der Waals surface area contributed by atoms with Crippen molar-refractivity contribution in [2.24, 2.45) is 13.0 Å². The van der Waals surface area contributed by atoms with E-state index in [0.29, 0.717) is 12.0 Å². The number of benzene rings is 1. The highest BCUT2D eigenvalue weighted by Gasteiger charge is 2.33. The van der Waals surface area contributed by atoms with Crippen LogP contribution in [-0.4, -0.2) is 41.1 Å². The van der Waals surface area contributed by atoms with Crippen LogP contribution in [0.4, 0.5) is 0 Å². The first-order valence-corrected chi connectivity index (χ1v) is 9.30. The molecule has 1 N–H and O–H groups in total. The lowest BCUT2D eigenvalue weighted by atomic mass is 9.83. The molecule has 0 saturated carbocycles. The molecule has 2 fully saturated rings. The van der Waals surface area contributed by atoms with Gasteiger partial charge in [-0.3, -0.25) is 4.79 Å². The van der Waals surface area contributed by atoms with Gasteiger partial charge in [-0.1, -0.05) is 24.6 Å². The molecule has 4 nitrogen and oxygen atoms in total. The smallest absolute Gasteiger partial charge is 0.253 e. The van der Waals surface area contributed by atoms with E-state index in [2.05, 4.69) is 16.3 Å². The van der Waals surface area contributed by atoms with Crippen molar-refractivity contribution in [3.63, 3.8) is 0 Å². The minimum absolute atomic E-state index is 0.0692. The average molecular weight is 325 g/mol. The number of nitrogens with zero attached hydrogens (tertiary/aromatic N) is 2. The molecule has 4 rings (SSSR count). The molecule has 2 aliphatic rings. The van der Waals surface area contributed by atoms with Gasteiger partial charge in [-0.15, -0.1) is 0 Å². The molecule has 0 spiro atoms. The summed E-state index contributed by atoms with van der Waals surface area (Å²) >= 11 is 0. The normalized spacial score (nSPS) is 24.7. The number of fused-ring (bicyclic) bond motifs is 2. The van der Waals surface area contributed by atoms with E-state index in [0.717, 1.165) is 23.0 Å². The molecule has 24 heavy (non-hydrogen) atoms. The molecular weight excluding hydrogens is 298 g/mol. The van der Waals surface area contributed by atoms with Crippen LogP contribution < -0.4 is 5.32 Å². The van der Waals surface area contributed by atoms with Crippen LogP contribution in [0.1, 0.15) is 42.5 Å². The Hall–Kier alpha value is -1.81. The van der Waals surface area contributed by atoms with E-state index in [1.165, 1.54) is 45.2 Å². The van der Waals surface area contributed by atoms with Gasteiger partial charge >= 0.3 is 0 Å². The third kappa shape index (κ3) is 2.84. The summed E-state index contributed by atoms with van der Waals surface area (Å²) in [6, 6.07) is 8.80. The Kier molecular flexibility index (Phi) is 4.31. The first-order valence-electron chi connectivity index (χ1n) is 9.30. The molecule has 2 saturated heterocycles. The van der Waals surface area contributed by atoms with Crippen LogP contribution in [0, 0.1) is 5.92 Å². The zero-order chi connectivity index (χ0) is 16.5. The summed E-state index contributed by atoms with van der Waals surface area (Å²) in [6.45, 7) is 3.31. The number of aryl methyl sites for hydroxylation is 1. The van der Waals surface area contributed by atoms with E-state index in [1.54, 1.807) is 0 Å². The predicted octanol–water partition coefficient (Wildman–Crippen LogP) is 3.17. The van der Waals surface area contributed by atoms with Gasteiger partial charge in [0.05, 0.1) is 5.56 Å². The number of hydrogen-bond acceptors (Lipinski definition) is 2. The molecule has 4 heteroatoms. The topological polar surface area (TPSA) is 37.3 Å². The maximum absolute atomic E-state index is 12.7. The largest absolute Gasteiger partial charge is 0.352 e. The standard InChI is InChI=1S/C20H27N3O/c1-22-14-17(16-8-2-3-10-19(16)22)20(24)21-13-15-7-6-12-23-11-5-4-9-18(15)23/h2-3,8,10,14-15,18H,4-7,9,11-13H2,1H3,(H,21,24)/t15-,18+/m1/s1. The van der Waals surface area contributed by atoms with E-state index >= 15 is 0 Å². The predicted molar refractivity (Wildman–Crippen MR) is 97.2 cm³/mol. The number of piperidine rings is 2. The van der Waals surface area contributed by atoms with Crippen LogP contribution in [0.15, 0.2) is 30.5 Å². The van der Waals surface area contributed by atoms with Crippen molar-refractivity contribution in [3.8, 4) is 0 Å². The molecule has 0 aliphatic carbocycles. The van der Waals surface area contributed by atoms with Gasteiger partial charge in [-0.2, -0.15) is 0 Å². The summed E-state index contributed by atoms with van der Waals surface area (Å²) in [4.78, 5) is 15.4. The summed E-state index contributed by atoms with van der Waals surface area (Å²) in [5.41, 5.74) is 1.91. The van der Waals surface area contributed by atoms with Crippen molar-refractivity contribution in [2.45, 2.75) is 38.1 Å². The molecule has 1 aromatic carbocycles. The first-order chi connectivity index (χ1) is 11.7. The summed E-state index contributed by atoms with van der Waals surface area (Å²) in [7, 11) is 2.00. The summed E-state index contributed by atoms with van der Waals surface area (Å²) in [5, 5.41) is 4.27. The van der Waals surface area contributed by atoms with Crippen LogP contribution in [0.25, 0.3) is 10.9 Å². The van der Waals surface area contributed by atoms with E-state index in [1.807, 2.05) is 36.0 Å². The van der Waals surface area contributed by atoms with Crippen LogP contribution in [-0.2, 0) is 7.05 Å². The van der Waals surface area contributed by atoms with E-state index in [9.17, 15) is 4.79 Å². The second kappa shape index (κ2) is 6.60. The lowest BCUT2D eigenvalue weighted by Gasteiger charge is -2.44. The molecule has 1 amide bonds. The van der Waals surface area contributed by atoms with Crippen molar-refractivity contribution in [1.29, 1.82) is 0 Å². The van der Waals surface area contributed by atoms with Crippen LogP contribution in [0.2, 0.25) is 0 Å². The third-order valence-electron chi connectivity index (χ3n) is 5.90. The molecular formula is C20H27N3O. The number of nitrogens with one attached hydrogen (secondary N) is 1. The van der Waals surface area contributed by atoms with Gasteiger partial charge in [0, 0.05) is 36.7 Å². The molecule has 3 heterocycles. The Labute approximate surface area is 143 Å². The summed E-state index contributed by atoms with van der Waals surface area (Å²) in [5.74, 6) is 0.678. The number of hydrogen-bond donors (Lipinski definition) is 1. The number of aromatic nitrogens is 1. The average Bonchev–Trinajstić information content (AvgIpc) is 2.97. The Morgan fingerprint density at radius 3 is 2.92 bits per heavy atom. The maximum atomic E-state index is 12.7. The van der Waals surface area contributed by atoms with Crippen LogP contribution >= 0.6 is 0 Å². The Balaban J connectivity index is 1.46. The van der Waals surface area contributed by atoms with Gasteiger partial charge in [0.25, 0.3) is 5.91 Å². The lowest BCUT2D eigenvalue weighted by molar-refractivity contribution is 0.0576. The molecule has 0 bridgehead atoms. The molecule has 0 unspecified atom stereocenters. The second-order valence-electron chi connectivity index (χ2n) is 7.38. The molecule has 2 atom stereocenters.